The van der Waals surface area contributed by atoms with Crippen LogP contribution in [-0.4, -0.2) is 35.5 Å². The third kappa shape index (κ3) is 2.24. The molecule has 1 aromatic carbocycles. The largest absolute Gasteiger partial charge is 0.480 e. The Morgan fingerprint density at radius 1 is 1.27 bits per heavy atom. The van der Waals surface area contributed by atoms with Crippen LogP contribution in [0.25, 0.3) is 17.0 Å². The van der Waals surface area contributed by atoms with Gasteiger partial charge >= 0.3 is 5.97 Å². The number of carbonyl (C=O) groups is 1. The van der Waals surface area contributed by atoms with Gasteiger partial charge in [-0.2, -0.15) is 9.61 Å². The molecule has 2 heterocycles. The molecule has 0 amide bonds. The van der Waals surface area contributed by atoms with Gasteiger partial charge < -0.3 is 5.11 Å². The van der Waals surface area contributed by atoms with Crippen molar-refractivity contribution in [1.82, 2.24) is 24.4 Å². The maximum Gasteiger partial charge on any atom is 0.323 e. The van der Waals surface area contributed by atoms with Gasteiger partial charge in [0.2, 0.25) is 0 Å². The zero-order chi connectivity index (χ0) is 15.9. The standard InChI is InChI=1S/C14H13N5O3/c1-8-3-4-10(5-9(8)2)12-13(22)18(6-11(20)21)14-16-15-7-19(14)17-12/h3-5,7H,6H2,1-2H3,(H,20,21). The van der Waals surface area contributed by atoms with Crippen molar-refractivity contribution in [3.63, 3.8) is 0 Å². The summed E-state index contributed by atoms with van der Waals surface area (Å²) >= 11 is 0. The summed E-state index contributed by atoms with van der Waals surface area (Å²) in [5, 5.41) is 20.6. The average Bonchev–Trinajstić information content (AvgIpc) is 2.92. The molecule has 0 radical (unpaired) electrons. The van der Waals surface area contributed by atoms with Gasteiger partial charge in [-0.25, -0.2) is 0 Å². The summed E-state index contributed by atoms with van der Waals surface area (Å²) < 4.78 is 2.35. The van der Waals surface area contributed by atoms with E-state index in [4.69, 9.17) is 5.11 Å². The third-order valence-electron chi connectivity index (χ3n) is 3.48. The zero-order valence-electron chi connectivity index (χ0n) is 12.0. The van der Waals surface area contributed by atoms with Gasteiger partial charge in [0.05, 0.1) is 0 Å². The second-order valence-corrected chi connectivity index (χ2v) is 5.01. The number of hydrogen-bond donors (Lipinski definition) is 1. The minimum Gasteiger partial charge on any atom is -0.480 e. The first-order valence-electron chi connectivity index (χ1n) is 6.57. The molecule has 22 heavy (non-hydrogen) atoms. The molecule has 0 bridgehead atoms. The lowest BCUT2D eigenvalue weighted by molar-refractivity contribution is -0.137. The number of carboxylic acids is 1. The summed E-state index contributed by atoms with van der Waals surface area (Å²) in [6, 6.07) is 5.53. The van der Waals surface area contributed by atoms with E-state index in [0.717, 1.165) is 15.7 Å². The van der Waals surface area contributed by atoms with Crippen molar-refractivity contribution in [3.8, 4) is 11.3 Å². The first-order chi connectivity index (χ1) is 10.5. The van der Waals surface area contributed by atoms with E-state index in [1.807, 2.05) is 26.0 Å². The zero-order valence-corrected chi connectivity index (χ0v) is 12.0. The van der Waals surface area contributed by atoms with E-state index in [9.17, 15) is 9.59 Å². The van der Waals surface area contributed by atoms with E-state index in [1.165, 1.54) is 10.8 Å². The van der Waals surface area contributed by atoms with Gasteiger partial charge in [-0.1, -0.05) is 12.1 Å². The Morgan fingerprint density at radius 3 is 2.73 bits per heavy atom. The predicted octanol–water partition coefficient (Wildman–Crippen LogP) is 0.654. The second kappa shape index (κ2) is 5.06. The van der Waals surface area contributed by atoms with E-state index >= 15 is 0 Å². The van der Waals surface area contributed by atoms with E-state index in [0.29, 0.717) is 5.56 Å². The molecular weight excluding hydrogens is 286 g/mol. The SMILES string of the molecule is Cc1ccc(-c2nn3cnnc3n(CC(=O)O)c2=O)cc1C. The van der Waals surface area contributed by atoms with Gasteiger partial charge in [0.1, 0.15) is 12.9 Å². The molecule has 0 spiro atoms. The highest BCUT2D eigenvalue weighted by atomic mass is 16.4. The number of nitrogens with zero attached hydrogens (tertiary/aromatic N) is 5. The van der Waals surface area contributed by atoms with Crippen LogP contribution in [0.5, 0.6) is 0 Å². The van der Waals surface area contributed by atoms with E-state index < -0.39 is 18.1 Å². The second-order valence-electron chi connectivity index (χ2n) is 5.01. The number of aryl methyl sites for hydroxylation is 2. The lowest BCUT2D eigenvalue weighted by Gasteiger charge is -2.08. The summed E-state index contributed by atoms with van der Waals surface area (Å²) in [6.45, 7) is 3.41. The first-order valence-corrected chi connectivity index (χ1v) is 6.57. The number of hydrogen-bond acceptors (Lipinski definition) is 5. The molecule has 3 rings (SSSR count). The fraction of sp³-hybridized carbons (Fsp3) is 0.214. The van der Waals surface area contributed by atoms with Gasteiger partial charge in [0, 0.05) is 5.56 Å². The van der Waals surface area contributed by atoms with Crippen molar-refractivity contribution >= 4 is 11.7 Å². The van der Waals surface area contributed by atoms with Crippen molar-refractivity contribution < 1.29 is 9.90 Å². The Balaban J connectivity index is 2.29. The van der Waals surface area contributed by atoms with Gasteiger partial charge in [-0.3, -0.25) is 14.2 Å². The normalized spacial score (nSPS) is 11.0. The first kappa shape index (κ1) is 13.9. The predicted molar refractivity (Wildman–Crippen MR) is 77.6 cm³/mol. The van der Waals surface area contributed by atoms with Crippen molar-refractivity contribution in [3.05, 3.63) is 46.0 Å². The third-order valence-corrected chi connectivity index (χ3v) is 3.48. The molecule has 0 unspecified atom stereocenters. The molecule has 2 aromatic heterocycles. The Morgan fingerprint density at radius 2 is 2.05 bits per heavy atom. The highest BCUT2D eigenvalue weighted by Gasteiger charge is 2.16. The van der Waals surface area contributed by atoms with Crippen LogP contribution in [0.1, 0.15) is 11.1 Å². The minimum atomic E-state index is -1.13. The fourth-order valence-corrected chi connectivity index (χ4v) is 2.19. The lowest BCUT2D eigenvalue weighted by Crippen LogP contribution is -2.29. The van der Waals surface area contributed by atoms with Gasteiger partial charge in [-0.05, 0) is 31.0 Å². The number of carboxylic acid groups (broad SMARTS) is 1. The Kier molecular flexibility index (Phi) is 3.21. The molecule has 0 saturated heterocycles. The smallest absolute Gasteiger partial charge is 0.323 e. The topological polar surface area (TPSA) is 102 Å². The molecule has 3 aromatic rings. The van der Waals surface area contributed by atoms with Crippen molar-refractivity contribution in [2.45, 2.75) is 20.4 Å². The monoisotopic (exact) mass is 299 g/mol. The van der Waals surface area contributed by atoms with Crippen LogP contribution in [0.2, 0.25) is 0 Å². The maximum atomic E-state index is 12.6. The number of aliphatic carboxylic acids is 1. The van der Waals surface area contributed by atoms with Gasteiger partial charge in [0.25, 0.3) is 11.3 Å². The molecule has 112 valence electrons. The molecule has 0 aliphatic carbocycles. The molecule has 0 aliphatic heterocycles. The van der Waals surface area contributed by atoms with Crippen LogP contribution in [0.3, 0.4) is 0 Å². The lowest BCUT2D eigenvalue weighted by atomic mass is 10.0. The molecule has 0 saturated carbocycles. The highest BCUT2D eigenvalue weighted by Crippen LogP contribution is 2.17. The summed E-state index contributed by atoms with van der Waals surface area (Å²) in [5.41, 5.74) is 2.40. The fourth-order valence-electron chi connectivity index (χ4n) is 2.19. The van der Waals surface area contributed by atoms with Crippen LogP contribution in [0.4, 0.5) is 0 Å². The molecule has 0 aliphatic rings. The number of benzene rings is 1. The van der Waals surface area contributed by atoms with Crippen LogP contribution in [-0.2, 0) is 11.3 Å². The van der Waals surface area contributed by atoms with Crippen molar-refractivity contribution in [2.24, 2.45) is 0 Å². The maximum absolute atomic E-state index is 12.6. The molecule has 0 fully saturated rings. The van der Waals surface area contributed by atoms with Gasteiger partial charge in [0.15, 0.2) is 5.69 Å². The quantitative estimate of drug-likeness (QED) is 0.762. The number of rotatable bonds is 3. The Labute approximate surface area is 124 Å². The van der Waals surface area contributed by atoms with Crippen LogP contribution in [0, 0.1) is 13.8 Å². The summed E-state index contributed by atoms with van der Waals surface area (Å²) in [7, 11) is 0. The molecule has 8 nitrogen and oxygen atoms in total. The summed E-state index contributed by atoms with van der Waals surface area (Å²) in [5.74, 6) is -1.04. The summed E-state index contributed by atoms with van der Waals surface area (Å²) in [4.78, 5) is 23.6. The Hall–Kier alpha value is -3.03. The van der Waals surface area contributed by atoms with Crippen molar-refractivity contribution in [1.29, 1.82) is 0 Å². The number of aromatic nitrogens is 5. The van der Waals surface area contributed by atoms with E-state index in [1.54, 1.807) is 6.07 Å². The molecular formula is C14H13N5O3. The van der Waals surface area contributed by atoms with E-state index in [2.05, 4.69) is 15.3 Å². The molecule has 0 atom stereocenters. The summed E-state index contributed by atoms with van der Waals surface area (Å²) in [6.07, 6.45) is 1.33. The Bertz CT molecular complexity index is 941. The number of fused-ring (bicyclic) bond motifs is 1. The molecule has 1 N–H and O–H groups in total. The van der Waals surface area contributed by atoms with E-state index in [-0.39, 0.29) is 11.5 Å². The minimum absolute atomic E-state index is 0.0972. The molecule has 8 heteroatoms. The van der Waals surface area contributed by atoms with Crippen LogP contribution in [0.15, 0.2) is 29.3 Å². The average molecular weight is 299 g/mol. The van der Waals surface area contributed by atoms with Gasteiger partial charge in [-0.15, -0.1) is 10.2 Å². The van der Waals surface area contributed by atoms with Crippen LogP contribution >= 0.6 is 0 Å². The van der Waals surface area contributed by atoms with Crippen molar-refractivity contribution in [2.75, 3.05) is 0 Å². The van der Waals surface area contributed by atoms with Crippen LogP contribution < -0.4 is 5.56 Å². The highest BCUT2D eigenvalue weighted by molar-refractivity contribution is 5.68.